The van der Waals surface area contributed by atoms with E-state index in [4.69, 9.17) is 5.11 Å². The quantitative estimate of drug-likeness (QED) is 0.792. The second-order valence-corrected chi connectivity index (χ2v) is 3.75. The van der Waals surface area contributed by atoms with Crippen molar-refractivity contribution in [2.75, 3.05) is 13.2 Å². The monoisotopic (exact) mass is 222 g/mol. The normalized spacial score (nSPS) is 14.3. The summed E-state index contributed by atoms with van der Waals surface area (Å²) in [7, 11) is 0. The number of nitrogens with zero attached hydrogens (tertiary/aromatic N) is 1. The van der Waals surface area contributed by atoms with Crippen LogP contribution in [0.15, 0.2) is 10.9 Å². The minimum Gasteiger partial charge on any atom is -0.390 e. The maximum absolute atomic E-state index is 12.6. The molecular formula is C8H12F2N2OS. The zero-order valence-corrected chi connectivity index (χ0v) is 8.52. The van der Waals surface area contributed by atoms with Crippen molar-refractivity contribution in [1.29, 1.82) is 0 Å². The van der Waals surface area contributed by atoms with Crippen molar-refractivity contribution in [2.45, 2.75) is 18.9 Å². The first-order chi connectivity index (χ1) is 6.55. The molecule has 6 heteroatoms. The molecule has 1 aromatic heterocycles. The SMILES string of the molecule is CC(NCC(F)(F)CO)c1cscn1. The Kier molecular flexibility index (Phi) is 3.91. The summed E-state index contributed by atoms with van der Waals surface area (Å²) in [6.07, 6.45) is 0. The van der Waals surface area contributed by atoms with Gasteiger partial charge in [-0.3, -0.25) is 0 Å². The fraction of sp³-hybridized carbons (Fsp3) is 0.625. The lowest BCUT2D eigenvalue weighted by Gasteiger charge is -2.17. The van der Waals surface area contributed by atoms with Gasteiger partial charge in [-0.1, -0.05) is 0 Å². The predicted molar refractivity (Wildman–Crippen MR) is 50.6 cm³/mol. The Morgan fingerprint density at radius 2 is 2.43 bits per heavy atom. The fourth-order valence-corrected chi connectivity index (χ4v) is 1.55. The summed E-state index contributed by atoms with van der Waals surface area (Å²) >= 11 is 1.42. The van der Waals surface area contributed by atoms with Crippen molar-refractivity contribution in [3.8, 4) is 0 Å². The molecule has 2 N–H and O–H groups in total. The maximum Gasteiger partial charge on any atom is 0.282 e. The number of aromatic nitrogens is 1. The third-order valence-corrected chi connectivity index (χ3v) is 2.40. The Bertz CT molecular complexity index is 266. The first kappa shape index (κ1) is 11.5. The van der Waals surface area contributed by atoms with E-state index in [0.29, 0.717) is 0 Å². The van der Waals surface area contributed by atoms with Crippen LogP contribution in [0.2, 0.25) is 0 Å². The molecule has 1 unspecified atom stereocenters. The number of nitrogens with one attached hydrogen (secondary N) is 1. The number of halogens is 2. The van der Waals surface area contributed by atoms with Crippen LogP contribution in [0.25, 0.3) is 0 Å². The number of thiazole rings is 1. The summed E-state index contributed by atoms with van der Waals surface area (Å²) in [5.41, 5.74) is 2.39. The summed E-state index contributed by atoms with van der Waals surface area (Å²) < 4.78 is 25.2. The highest BCUT2D eigenvalue weighted by atomic mass is 32.1. The van der Waals surface area contributed by atoms with E-state index in [1.807, 2.05) is 0 Å². The summed E-state index contributed by atoms with van der Waals surface area (Å²) in [5, 5.41) is 12.7. The molecule has 1 heterocycles. The summed E-state index contributed by atoms with van der Waals surface area (Å²) in [6, 6.07) is -0.223. The summed E-state index contributed by atoms with van der Waals surface area (Å²) in [4.78, 5) is 3.99. The van der Waals surface area contributed by atoms with E-state index >= 15 is 0 Å². The number of hydrogen-bond donors (Lipinski definition) is 2. The standard InChI is InChI=1S/C8H12F2N2OS/c1-6(7-2-14-5-12-7)11-3-8(9,10)4-13/h2,5-6,11,13H,3-4H2,1H3. The molecule has 0 aliphatic heterocycles. The maximum atomic E-state index is 12.6. The molecule has 0 spiro atoms. The van der Waals surface area contributed by atoms with E-state index in [9.17, 15) is 8.78 Å². The molecular weight excluding hydrogens is 210 g/mol. The molecule has 0 saturated carbocycles. The minimum absolute atomic E-state index is 0.223. The lowest BCUT2D eigenvalue weighted by atomic mass is 10.2. The van der Waals surface area contributed by atoms with E-state index in [1.165, 1.54) is 11.3 Å². The largest absolute Gasteiger partial charge is 0.390 e. The Morgan fingerprint density at radius 1 is 1.71 bits per heavy atom. The van der Waals surface area contributed by atoms with Crippen LogP contribution in [-0.2, 0) is 0 Å². The van der Waals surface area contributed by atoms with Crippen molar-refractivity contribution in [1.82, 2.24) is 10.3 Å². The number of alkyl halides is 2. The number of hydrogen-bond acceptors (Lipinski definition) is 4. The first-order valence-electron chi connectivity index (χ1n) is 4.15. The Labute approximate surface area is 84.8 Å². The molecule has 0 bridgehead atoms. The van der Waals surface area contributed by atoms with Gasteiger partial charge in [-0.2, -0.15) is 0 Å². The lowest BCUT2D eigenvalue weighted by molar-refractivity contribution is -0.0491. The van der Waals surface area contributed by atoms with Crippen LogP contribution in [0.4, 0.5) is 8.78 Å². The summed E-state index contributed by atoms with van der Waals surface area (Å²) in [6.45, 7) is 0.0779. The first-order valence-corrected chi connectivity index (χ1v) is 5.09. The second-order valence-electron chi connectivity index (χ2n) is 3.03. The summed E-state index contributed by atoms with van der Waals surface area (Å²) in [5.74, 6) is -3.07. The van der Waals surface area contributed by atoms with Crippen LogP contribution in [0.3, 0.4) is 0 Å². The van der Waals surface area contributed by atoms with Crippen LogP contribution in [-0.4, -0.2) is 29.2 Å². The molecule has 14 heavy (non-hydrogen) atoms. The molecule has 0 radical (unpaired) electrons. The molecule has 0 aliphatic rings. The van der Waals surface area contributed by atoms with E-state index in [2.05, 4.69) is 10.3 Å². The third-order valence-electron chi connectivity index (χ3n) is 1.79. The lowest BCUT2D eigenvalue weighted by Crippen LogP contribution is -2.37. The van der Waals surface area contributed by atoms with Gasteiger partial charge in [0.1, 0.15) is 6.61 Å². The van der Waals surface area contributed by atoms with Crippen LogP contribution in [0.1, 0.15) is 18.7 Å². The minimum atomic E-state index is -3.07. The molecule has 3 nitrogen and oxygen atoms in total. The molecule has 0 fully saturated rings. The van der Waals surface area contributed by atoms with Gasteiger partial charge >= 0.3 is 0 Å². The van der Waals surface area contributed by atoms with Gasteiger partial charge in [0.15, 0.2) is 0 Å². The average Bonchev–Trinajstić information content (AvgIpc) is 2.67. The van der Waals surface area contributed by atoms with Crippen molar-refractivity contribution in [3.63, 3.8) is 0 Å². The second kappa shape index (κ2) is 4.77. The third kappa shape index (κ3) is 3.28. The predicted octanol–water partition coefficient (Wildman–Crippen LogP) is 1.42. The highest BCUT2D eigenvalue weighted by molar-refractivity contribution is 7.07. The molecule has 0 saturated heterocycles. The van der Waals surface area contributed by atoms with Gasteiger partial charge < -0.3 is 10.4 Å². The average molecular weight is 222 g/mol. The van der Waals surface area contributed by atoms with Gasteiger partial charge in [-0.05, 0) is 6.92 Å². The fourth-order valence-electron chi connectivity index (χ4n) is 0.899. The van der Waals surface area contributed by atoms with Gasteiger partial charge in [-0.15, -0.1) is 11.3 Å². The van der Waals surface area contributed by atoms with Crippen LogP contribution in [0.5, 0.6) is 0 Å². The van der Waals surface area contributed by atoms with Crippen LogP contribution < -0.4 is 5.32 Å². The molecule has 1 rings (SSSR count). The zero-order chi connectivity index (χ0) is 10.6. The highest BCUT2D eigenvalue weighted by Crippen LogP contribution is 2.15. The van der Waals surface area contributed by atoms with Gasteiger partial charge in [0.25, 0.3) is 5.92 Å². The Balaban J connectivity index is 2.39. The van der Waals surface area contributed by atoms with E-state index in [-0.39, 0.29) is 6.04 Å². The van der Waals surface area contributed by atoms with E-state index in [0.717, 1.165) is 5.69 Å². The highest BCUT2D eigenvalue weighted by Gasteiger charge is 2.28. The Hall–Kier alpha value is -0.590. The molecule has 80 valence electrons. The number of aliphatic hydroxyl groups excluding tert-OH is 1. The van der Waals surface area contributed by atoms with E-state index < -0.39 is 19.1 Å². The van der Waals surface area contributed by atoms with Crippen molar-refractivity contribution < 1.29 is 13.9 Å². The molecule has 0 aromatic carbocycles. The van der Waals surface area contributed by atoms with Crippen LogP contribution in [0, 0.1) is 0 Å². The topological polar surface area (TPSA) is 45.1 Å². The number of rotatable bonds is 5. The zero-order valence-electron chi connectivity index (χ0n) is 7.70. The molecule has 0 aliphatic carbocycles. The molecule has 1 aromatic rings. The molecule has 1 atom stereocenters. The van der Waals surface area contributed by atoms with Crippen molar-refractivity contribution in [2.24, 2.45) is 0 Å². The Morgan fingerprint density at radius 3 is 2.93 bits per heavy atom. The number of aliphatic hydroxyl groups is 1. The molecule has 0 amide bonds. The van der Waals surface area contributed by atoms with Crippen LogP contribution >= 0.6 is 11.3 Å². The van der Waals surface area contributed by atoms with E-state index in [1.54, 1.807) is 17.8 Å². The van der Waals surface area contributed by atoms with Gasteiger partial charge in [-0.25, -0.2) is 13.8 Å². The van der Waals surface area contributed by atoms with Gasteiger partial charge in [0.05, 0.1) is 17.7 Å². The van der Waals surface area contributed by atoms with Gasteiger partial charge in [0.2, 0.25) is 0 Å². The van der Waals surface area contributed by atoms with Crippen molar-refractivity contribution >= 4 is 11.3 Å². The van der Waals surface area contributed by atoms with Crippen molar-refractivity contribution in [3.05, 3.63) is 16.6 Å². The van der Waals surface area contributed by atoms with Gasteiger partial charge in [0, 0.05) is 11.4 Å². The smallest absolute Gasteiger partial charge is 0.282 e.